The number of benzene rings is 1. The number of hydrogen-bond acceptors (Lipinski definition) is 4. The van der Waals surface area contributed by atoms with Crippen LogP contribution in [0.1, 0.15) is 18.9 Å². The topological polar surface area (TPSA) is 60.0 Å². The molecular weight excluding hydrogens is 226 g/mol. The van der Waals surface area contributed by atoms with Crippen LogP contribution >= 0.6 is 0 Å². The van der Waals surface area contributed by atoms with E-state index in [2.05, 4.69) is 27.1 Å². The Morgan fingerprint density at radius 3 is 2.44 bits per heavy atom. The Hall–Kier alpha value is -2.04. The third-order valence-corrected chi connectivity index (χ3v) is 3.53. The zero-order valence-electron chi connectivity index (χ0n) is 10.2. The van der Waals surface area contributed by atoms with Gasteiger partial charge in [0.05, 0.1) is 6.04 Å². The molecule has 1 fully saturated rings. The third-order valence-electron chi connectivity index (χ3n) is 3.53. The summed E-state index contributed by atoms with van der Waals surface area (Å²) >= 11 is 0. The van der Waals surface area contributed by atoms with Gasteiger partial charge in [-0.1, -0.05) is 0 Å². The first-order valence-electron chi connectivity index (χ1n) is 6.27. The molecule has 0 atom stereocenters. The van der Waals surface area contributed by atoms with E-state index in [1.54, 1.807) is 6.33 Å². The second-order valence-corrected chi connectivity index (χ2v) is 4.69. The van der Waals surface area contributed by atoms with Gasteiger partial charge < -0.3 is 10.6 Å². The molecule has 0 bridgehead atoms. The zero-order valence-corrected chi connectivity index (χ0v) is 10.2. The van der Waals surface area contributed by atoms with Crippen molar-refractivity contribution >= 4 is 11.4 Å². The number of rotatable bonds is 2. The van der Waals surface area contributed by atoms with Crippen molar-refractivity contribution in [2.24, 2.45) is 0 Å². The van der Waals surface area contributed by atoms with Crippen LogP contribution in [0.2, 0.25) is 0 Å². The summed E-state index contributed by atoms with van der Waals surface area (Å²) in [6, 6.07) is 8.58. The summed E-state index contributed by atoms with van der Waals surface area (Å²) in [5.41, 5.74) is 7.77. The summed E-state index contributed by atoms with van der Waals surface area (Å²) in [7, 11) is 0. The Morgan fingerprint density at radius 1 is 1.11 bits per heavy atom. The number of nitrogens with two attached hydrogens (primary N) is 1. The molecule has 1 saturated heterocycles. The van der Waals surface area contributed by atoms with Crippen LogP contribution in [0.25, 0.3) is 0 Å². The number of anilines is 2. The quantitative estimate of drug-likeness (QED) is 0.816. The Morgan fingerprint density at radius 2 is 1.83 bits per heavy atom. The van der Waals surface area contributed by atoms with Crippen molar-refractivity contribution in [1.29, 1.82) is 0 Å². The Bertz CT molecular complexity index is 483. The highest BCUT2D eigenvalue weighted by Crippen LogP contribution is 2.26. The molecular formula is C13H17N5. The van der Waals surface area contributed by atoms with E-state index in [0.29, 0.717) is 6.04 Å². The van der Waals surface area contributed by atoms with Gasteiger partial charge in [0, 0.05) is 24.5 Å². The summed E-state index contributed by atoms with van der Waals surface area (Å²) in [5.74, 6) is 0. The molecule has 1 aliphatic heterocycles. The van der Waals surface area contributed by atoms with Crippen molar-refractivity contribution in [3.05, 3.63) is 36.9 Å². The number of nitrogen functional groups attached to an aromatic ring is 1. The molecule has 1 aromatic heterocycles. The first kappa shape index (κ1) is 11.1. The van der Waals surface area contributed by atoms with Gasteiger partial charge in [-0.15, -0.1) is 0 Å². The predicted molar refractivity (Wildman–Crippen MR) is 71.4 cm³/mol. The van der Waals surface area contributed by atoms with Crippen LogP contribution < -0.4 is 10.6 Å². The van der Waals surface area contributed by atoms with E-state index in [9.17, 15) is 0 Å². The minimum Gasteiger partial charge on any atom is -0.399 e. The van der Waals surface area contributed by atoms with Crippen molar-refractivity contribution in [3.63, 3.8) is 0 Å². The number of nitrogens with zero attached hydrogens (tertiary/aromatic N) is 4. The highest BCUT2D eigenvalue weighted by Gasteiger charge is 2.20. The lowest BCUT2D eigenvalue weighted by molar-refractivity contribution is 0.366. The minimum absolute atomic E-state index is 0.484. The van der Waals surface area contributed by atoms with E-state index in [4.69, 9.17) is 5.73 Å². The Kier molecular flexibility index (Phi) is 2.88. The summed E-state index contributed by atoms with van der Waals surface area (Å²) < 4.78 is 1.97. The smallest absolute Gasteiger partial charge is 0.137 e. The highest BCUT2D eigenvalue weighted by atomic mass is 15.3. The van der Waals surface area contributed by atoms with Crippen LogP contribution in [-0.2, 0) is 0 Å². The summed E-state index contributed by atoms with van der Waals surface area (Å²) in [6.07, 6.45) is 5.62. The van der Waals surface area contributed by atoms with E-state index in [1.807, 2.05) is 23.1 Å². The summed E-state index contributed by atoms with van der Waals surface area (Å²) in [4.78, 5) is 6.40. The second-order valence-electron chi connectivity index (χ2n) is 4.69. The maximum Gasteiger partial charge on any atom is 0.137 e. The largest absolute Gasteiger partial charge is 0.399 e. The minimum atomic E-state index is 0.484. The van der Waals surface area contributed by atoms with E-state index >= 15 is 0 Å². The molecule has 0 aliphatic carbocycles. The molecule has 3 rings (SSSR count). The van der Waals surface area contributed by atoms with Gasteiger partial charge in [0.15, 0.2) is 0 Å². The average molecular weight is 243 g/mol. The lowest BCUT2D eigenvalue weighted by Gasteiger charge is -2.33. The van der Waals surface area contributed by atoms with Gasteiger partial charge >= 0.3 is 0 Å². The first-order valence-corrected chi connectivity index (χ1v) is 6.27. The molecule has 5 heteroatoms. The number of piperidine rings is 1. The van der Waals surface area contributed by atoms with Crippen LogP contribution in [0.3, 0.4) is 0 Å². The molecule has 0 spiro atoms. The predicted octanol–water partition coefficient (Wildman–Crippen LogP) is 1.70. The van der Waals surface area contributed by atoms with Gasteiger partial charge in [0.25, 0.3) is 0 Å². The van der Waals surface area contributed by atoms with Crippen molar-refractivity contribution < 1.29 is 0 Å². The second kappa shape index (κ2) is 4.68. The maximum absolute atomic E-state index is 5.71. The van der Waals surface area contributed by atoms with Crippen molar-refractivity contribution in [2.75, 3.05) is 23.7 Å². The van der Waals surface area contributed by atoms with Crippen LogP contribution in [0.5, 0.6) is 0 Å². The van der Waals surface area contributed by atoms with Crippen LogP contribution in [0, 0.1) is 0 Å². The number of aromatic nitrogens is 3. The van der Waals surface area contributed by atoms with E-state index in [1.165, 1.54) is 5.69 Å². The molecule has 2 N–H and O–H groups in total. The van der Waals surface area contributed by atoms with Gasteiger partial charge in [-0.05, 0) is 37.1 Å². The molecule has 1 aliphatic rings. The van der Waals surface area contributed by atoms with Crippen molar-refractivity contribution in [2.45, 2.75) is 18.9 Å². The van der Waals surface area contributed by atoms with Crippen LogP contribution in [0.4, 0.5) is 11.4 Å². The molecule has 0 radical (unpaired) electrons. The normalized spacial score (nSPS) is 17.0. The molecule has 0 unspecified atom stereocenters. The SMILES string of the molecule is Nc1ccc(N2CCC(n3cncn3)CC2)cc1. The molecule has 18 heavy (non-hydrogen) atoms. The first-order chi connectivity index (χ1) is 8.83. The van der Waals surface area contributed by atoms with E-state index in [0.717, 1.165) is 31.6 Å². The number of hydrogen-bond donors (Lipinski definition) is 1. The van der Waals surface area contributed by atoms with E-state index < -0.39 is 0 Å². The standard InChI is InChI=1S/C13H17N5/c14-11-1-3-12(4-2-11)17-7-5-13(6-8-17)18-10-15-9-16-18/h1-4,9-10,13H,5-8,14H2. The molecule has 5 nitrogen and oxygen atoms in total. The summed E-state index contributed by atoms with van der Waals surface area (Å²) in [6.45, 7) is 2.10. The van der Waals surface area contributed by atoms with Gasteiger partial charge in [-0.3, -0.25) is 0 Å². The molecule has 0 amide bonds. The third kappa shape index (κ3) is 2.16. The zero-order chi connectivity index (χ0) is 12.4. The Labute approximate surface area is 106 Å². The van der Waals surface area contributed by atoms with Crippen molar-refractivity contribution in [1.82, 2.24) is 14.8 Å². The van der Waals surface area contributed by atoms with Gasteiger partial charge in [-0.2, -0.15) is 5.10 Å². The average Bonchev–Trinajstić information content (AvgIpc) is 2.94. The molecule has 0 saturated carbocycles. The fourth-order valence-corrected chi connectivity index (χ4v) is 2.48. The lowest BCUT2D eigenvalue weighted by atomic mass is 10.0. The molecule has 94 valence electrons. The highest BCUT2D eigenvalue weighted by molar-refractivity contribution is 5.53. The van der Waals surface area contributed by atoms with Gasteiger partial charge in [0.1, 0.15) is 12.7 Å². The maximum atomic E-state index is 5.71. The van der Waals surface area contributed by atoms with Gasteiger partial charge in [0.2, 0.25) is 0 Å². The lowest BCUT2D eigenvalue weighted by Crippen LogP contribution is -2.34. The van der Waals surface area contributed by atoms with Crippen LogP contribution in [-0.4, -0.2) is 27.9 Å². The molecule has 2 aromatic rings. The molecule has 2 heterocycles. The fraction of sp³-hybridized carbons (Fsp3) is 0.385. The van der Waals surface area contributed by atoms with Crippen molar-refractivity contribution in [3.8, 4) is 0 Å². The van der Waals surface area contributed by atoms with E-state index in [-0.39, 0.29) is 0 Å². The van der Waals surface area contributed by atoms with Gasteiger partial charge in [-0.25, -0.2) is 9.67 Å². The monoisotopic (exact) mass is 243 g/mol. The summed E-state index contributed by atoms with van der Waals surface area (Å²) in [5, 5.41) is 4.22. The van der Waals surface area contributed by atoms with Crippen LogP contribution in [0.15, 0.2) is 36.9 Å². The Balaban J connectivity index is 1.65. The molecule has 1 aromatic carbocycles. The fourth-order valence-electron chi connectivity index (χ4n) is 2.48.